The standard InChI is InChI=1S/C17H29NS/c1-6-11-18-16(13-19-17(3,4)5)12-15-9-7-14(2)8-10-15/h7-10,16,18H,6,11-13H2,1-5H3. The van der Waals surface area contributed by atoms with Crippen LogP contribution >= 0.6 is 11.8 Å². The van der Waals surface area contributed by atoms with Gasteiger partial charge in [-0.1, -0.05) is 57.5 Å². The fourth-order valence-electron chi connectivity index (χ4n) is 1.90. The number of benzene rings is 1. The topological polar surface area (TPSA) is 12.0 Å². The van der Waals surface area contributed by atoms with Crippen molar-refractivity contribution in [1.29, 1.82) is 0 Å². The molecule has 0 radical (unpaired) electrons. The van der Waals surface area contributed by atoms with Gasteiger partial charge >= 0.3 is 0 Å². The van der Waals surface area contributed by atoms with Crippen LogP contribution < -0.4 is 5.32 Å². The fraction of sp³-hybridized carbons (Fsp3) is 0.647. The second-order valence-corrected chi connectivity index (χ2v) is 8.11. The average molecular weight is 279 g/mol. The third kappa shape index (κ3) is 7.64. The molecule has 0 aliphatic heterocycles. The molecule has 108 valence electrons. The summed E-state index contributed by atoms with van der Waals surface area (Å²) in [6, 6.07) is 9.52. The van der Waals surface area contributed by atoms with Crippen LogP contribution in [0.15, 0.2) is 24.3 Å². The van der Waals surface area contributed by atoms with Crippen molar-refractivity contribution in [3.05, 3.63) is 35.4 Å². The summed E-state index contributed by atoms with van der Waals surface area (Å²) in [5, 5.41) is 3.68. The maximum absolute atomic E-state index is 3.68. The molecule has 0 saturated carbocycles. The first-order valence-corrected chi connectivity index (χ1v) is 8.32. The van der Waals surface area contributed by atoms with Crippen LogP contribution in [0.1, 0.15) is 45.2 Å². The van der Waals surface area contributed by atoms with Crippen LogP contribution in [0, 0.1) is 6.92 Å². The number of hydrogen-bond acceptors (Lipinski definition) is 2. The second kappa shape index (κ2) is 7.96. The normalized spacial score (nSPS) is 13.5. The van der Waals surface area contributed by atoms with Gasteiger partial charge in [0.15, 0.2) is 0 Å². The monoisotopic (exact) mass is 279 g/mol. The van der Waals surface area contributed by atoms with Gasteiger partial charge in [-0.15, -0.1) is 0 Å². The third-order valence-electron chi connectivity index (χ3n) is 3.00. The van der Waals surface area contributed by atoms with Gasteiger partial charge < -0.3 is 5.32 Å². The van der Waals surface area contributed by atoms with Gasteiger partial charge in [0.25, 0.3) is 0 Å². The average Bonchev–Trinajstić information content (AvgIpc) is 2.34. The van der Waals surface area contributed by atoms with E-state index in [1.54, 1.807) is 0 Å². The molecular formula is C17H29NS. The Balaban J connectivity index is 2.55. The van der Waals surface area contributed by atoms with Gasteiger partial charge in [-0.25, -0.2) is 0 Å². The molecule has 0 fully saturated rings. The first kappa shape index (κ1) is 16.6. The van der Waals surface area contributed by atoms with Crippen molar-refractivity contribution in [2.45, 2.75) is 58.2 Å². The first-order valence-electron chi connectivity index (χ1n) is 7.33. The van der Waals surface area contributed by atoms with Crippen molar-refractivity contribution in [3.8, 4) is 0 Å². The minimum absolute atomic E-state index is 0.347. The van der Waals surface area contributed by atoms with Gasteiger partial charge in [0, 0.05) is 16.5 Å². The zero-order valence-corrected chi connectivity index (χ0v) is 13.9. The van der Waals surface area contributed by atoms with E-state index in [2.05, 4.69) is 76.0 Å². The molecule has 0 saturated heterocycles. The molecule has 0 amide bonds. The highest BCUT2D eigenvalue weighted by Crippen LogP contribution is 2.24. The summed E-state index contributed by atoms with van der Waals surface area (Å²) in [5.41, 5.74) is 2.78. The van der Waals surface area contributed by atoms with E-state index < -0.39 is 0 Å². The number of thioether (sulfide) groups is 1. The van der Waals surface area contributed by atoms with Crippen LogP contribution in [0.5, 0.6) is 0 Å². The smallest absolute Gasteiger partial charge is 0.0198 e. The van der Waals surface area contributed by atoms with Crippen LogP contribution in [-0.2, 0) is 6.42 Å². The van der Waals surface area contributed by atoms with Gasteiger partial charge in [0.1, 0.15) is 0 Å². The van der Waals surface area contributed by atoms with Crippen molar-refractivity contribution in [1.82, 2.24) is 5.32 Å². The predicted octanol–water partition coefficient (Wildman–Crippen LogP) is 4.44. The molecule has 1 rings (SSSR count). The molecule has 1 atom stereocenters. The molecule has 0 bridgehead atoms. The van der Waals surface area contributed by atoms with Crippen molar-refractivity contribution in [3.63, 3.8) is 0 Å². The van der Waals surface area contributed by atoms with E-state index in [1.807, 2.05) is 0 Å². The Kier molecular flexibility index (Phi) is 6.95. The Labute approximate surface area is 123 Å². The second-order valence-electron chi connectivity index (χ2n) is 6.26. The summed E-state index contributed by atoms with van der Waals surface area (Å²) in [5.74, 6) is 1.18. The molecule has 1 unspecified atom stereocenters. The Morgan fingerprint density at radius 1 is 1.16 bits per heavy atom. The van der Waals surface area contributed by atoms with Crippen molar-refractivity contribution >= 4 is 11.8 Å². The maximum Gasteiger partial charge on any atom is 0.0198 e. The lowest BCUT2D eigenvalue weighted by atomic mass is 10.1. The van der Waals surface area contributed by atoms with E-state index in [9.17, 15) is 0 Å². The number of rotatable bonds is 7. The zero-order chi connectivity index (χ0) is 14.3. The molecule has 2 heteroatoms. The van der Waals surface area contributed by atoms with E-state index in [4.69, 9.17) is 0 Å². The molecule has 1 aromatic carbocycles. The summed E-state index contributed by atoms with van der Waals surface area (Å²) in [6.07, 6.45) is 2.33. The van der Waals surface area contributed by atoms with Crippen LogP contribution in [0.3, 0.4) is 0 Å². The van der Waals surface area contributed by atoms with Gasteiger partial charge in [-0.05, 0) is 31.9 Å². The molecular weight excluding hydrogens is 250 g/mol. The molecule has 0 aromatic heterocycles. The number of nitrogens with one attached hydrogen (secondary N) is 1. The molecule has 1 aromatic rings. The van der Waals surface area contributed by atoms with Gasteiger partial charge in [0.2, 0.25) is 0 Å². The highest BCUT2D eigenvalue weighted by molar-refractivity contribution is 8.00. The fourth-order valence-corrected chi connectivity index (χ4v) is 2.83. The highest BCUT2D eigenvalue weighted by atomic mass is 32.2. The van der Waals surface area contributed by atoms with E-state index in [0.717, 1.165) is 13.0 Å². The van der Waals surface area contributed by atoms with Gasteiger partial charge in [0.05, 0.1) is 0 Å². The minimum Gasteiger partial charge on any atom is -0.313 e. The molecule has 0 spiro atoms. The lowest BCUT2D eigenvalue weighted by Gasteiger charge is -2.24. The van der Waals surface area contributed by atoms with Crippen molar-refractivity contribution in [2.24, 2.45) is 0 Å². The van der Waals surface area contributed by atoms with E-state index >= 15 is 0 Å². The highest BCUT2D eigenvalue weighted by Gasteiger charge is 2.15. The molecule has 0 heterocycles. The van der Waals surface area contributed by atoms with Gasteiger partial charge in [-0.2, -0.15) is 11.8 Å². The van der Waals surface area contributed by atoms with Crippen LogP contribution in [0.25, 0.3) is 0 Å². The van der Waals surface area contributed by atoms with Crippen molar-refractivity contribution < 1.29 is 0 Å². The molecule has 0 aliphatic rings. The van der Waals surface area contributed by atoms with Crippen LogP contribution in [-0.4, -0.2) is 23.1 Å². The summed E-state index contributed by atoms with van der Waals surface area (Å²) >= 11 is 2.05. The lowest BCUT2D eigenvalue weighted by molar-refractivity contribution is 0.548. The minimum atomic E-state index is 0.347. The number of hydrogen-bond donors (Lipinski definition) is 1. The predicted molar refractivity (Wildman–Crippen MR) is 89.2 cm³/mol. The summed E-state index contributed by atoms with van der Waals surface area (Å²) < 4.78 is 0.347. The zero-order valence-electron chi connectivity index (χ0n) is 13.1. The molecule has 19 heavy (non-hydrogen) atoms. The van der Waals surface area contributed by atoms with E-state index in [0.29, 0.717) is 10.8 Å². The quantitative estimate of drug-likeness (QED) is 0.792. The Hall–Kier alpha value is -0.470. The summed E-state index contributed by atoms with van der Waals surface area (Å²) in [4.78, 5) is 0. The summed E-state index contributed by atoms with van der Waals surface area (Å²) in [6.45, 7) is 12.4. The van der Waals surface area contributed by atoms with E-state index in [1.165, 1.54) is 23.3 Å². The maximum atomic E-state index is 3.68. The SMILES string of the molecule is CCCNC(CSC(C)(C)C)Cc1ccc(C)cc1. The van der Waals surface area contributed by atoms with Crippen LogP contribution in [0.4, 0.5) is 0 Å². The molecule has 1 nitrogen and oxygen atoms in total. The Bertz CT molecular complexity index is 351. The van der Waals surface area contributed by atoms with Crippen molar-refractivity contribution in [2.75, 3.05) is 12.3 Å². The molecule has 1 N–H and O–H groups in total. The van der Waals surface area contributed by atoms with Gasteiger partial charge in [-0.3, -0.25) is 0 Å². The summed E-state index contributed by atoms with van der Waals surface area (Å²) in [7, 11) is 0. The van der Waals surface area contributed by atoms with Crippen LogP contribution in [0.2, 0.25) is 0 Å². The molecule has 0 aliphatic carbocycles. The lowest BCUT2D eigenvalue weighted by Crippen LogP contribution is -2.35. The first-order chi connectivity index (χ1) is 8.90. The number of aryl methyl sites for hydroxylation is 1. The largest absolute Gasteiger partial charge is 0.313 e. The third-order valence-corrected chi connectivity index (χ3v) is 4.44. The Morgan fingerprint density at radius 2 is 1.79 bits per heavy atom. The van der Waals surface area contributed by atoms with E-state index in [-0.39, 0.29) is 0 Å². The Morgan fingerprint density at radius 3 is 2.32 bits per heavy atom.